The van der Waals surface area contributed by atoms with Crippen molar-refractivity contribution in [1.29, 1.82) is 0 Å². The Morgan fingerprint density at radius 2 is 1.50 bits per heavy atom. The number of anilines is 1. The molecular weight excluding hydrogens is 492 g/mol. The average Bonchev–Trinajstić information content (AvgIpc) is 3.54. The third-order valence-electron chi connectivity index (χ3n) is 8.00. The van der Waals surface area contributed by atoms with Crippen LogP contribution in [0.3, 0.4) is 0 Å². The summed E-state index contributed by atoms with van der Waals surface area (Å²) in [5, 5.41) is 10.2. The van der Waals surface area contributed by atoms with Crippen molar-refractivity contribution in [2.45, 2.75) is 0 Å². The van der Waals surface area contributed by atoms with Crippen molar-refractivity contribution in [2.24, 2.45) is 0 Å². The van der Waals surface area contributed by atoms with Gasteiger partial charge in [0, 0.05) is 28.3 Å². The molecule has 188 valence electrons. The summed E-state index contributed by atoms with van der Waals surface area (Å²) in [6.07, 6.45) is 4.28. The molecule has 1 N–H and O–H groups in total. The molecule has 0 atom stereocenters. The van der Waals surface area contributed by atoms with Gasteiger partial charge in [0.25, 0.3) is 0 Å². The molecule has 8 aromatic rings. The largest absolute Gasteiger partial charge is 0.437 e. The highest BCUT2D eigenvalue weighted by Gasteiger charge is 2.23. The number of para-hydroxylation sites is 3. The van der Waals surface area contributed by atoms with E-state index < -0.39 is 0 Å². The van der Waals surface area contributed by atoms with E-state index in [9.17, 15) is 0 Å². The first-order chi connectivity index (χ1) is 19.8. The summed E-state index contributed by atoms with van der Waals surface area (Å²) in [5.41, 5.74) is 6.70. The quantitative estimate of drug-likeness (QED) is 0.251. The van der Waals surface area contributed by atoms with Crippen LogP contribution in [0.2, 0.25) is 0 Å². The molecule has 5 aromatic carbocycles. The third kappa shape index (κ3) is 2.97. The summed E-state index contributed by atoms with van der Waals surface area (Å²) in [4.78, 5) is 10.4. The summed E-state index contributed by atoms with van der Waals surface area (Å²) in [6, 6.07) is 36.0. The van der Waals surface area contributed by atoms with Crippen molar-refractivity contribution >= 4 is 66.4 Å². The molecule has 0 spiro atoms. The molecule has 4 heterocycles. The van der Waals surface area contributed by atoms with E-state index in [0.717, 1.165) is 56.6 Å². The van der Waals surface area contributed by atoms with Gasteiger partial charge in [-0.2, -0.15) is 4.98 Å². The standard InChI is InChI=1S/C35H22N4O/c1-2-10-23-20-29-27(19-22(23)9-1)24-13-3-5-16-28(24)39(29)34-31-25-14-4-6-17-30(25)40-35(31)38-33(37-34)26-15-7-11-21-12-8-18-36-32(21)26/h1-17,19-20,36H,18H2. The van der Waals surface area contributed by atoms with Crippen molar-refractivity contribution in [1.82, 2.24) is 14.5 Å². The Kier molecular flexibility index (Phi) is 4.32. The van der Waals surface area contributed by atoms with Crippen LogP contribution in [0.15, 0.2) is 114 Å². The van der Waals surface area contributed by atoms with Crippen molar-refractivity contribution in [3.05, 3.63) is 115 Å². The fraction of sp³-hybridized carbons (Fsp3) is 0.0286. The molecule has 3 aromatic heterocycles. The van der Waals surface area contributed by atoms with E-state index in [2.05, 4.69) is 107 Å². The topological polar surface area (TPSA) is 55.9 Å². The lowest BCUT2D eigenvalue weighted by Crippen LogP contribution is -2.08. The monoisotopic (exact) mass is 514 g/mol. The lowest BCUT2D eigenvalue weighted by molar-refractivity contribution is 0.653. The van der Waals surface area contributed by atoms with Gasteiger partial charge >= 0.3 is 0 Å². The van der Waals surface area contributed by atoms with Crippen LogP contribution in [0.4, 0.5) is 5.69 Å². The molecule has 0 amide bonds. The van der Waals surface area contributed by atoms with Gasteiger partial charge in [-0.3, -0.25) is 4.57 Å². The van der Waals surface area contributed by atoms with Gasteiger partial charge in [-0.25, -0.2) is 4.98 Å². The number of benzene rings is 5. The van der Waals surface area contributed by atoms with Gasteiger partial charge in [-0.15, -0.1) is 0 Å². The maximum atomic E-state index is 6.39. The van der Waals surface area contributed by atoms with Gasteiger partial charge in [0.15, 0.2) is 11.6 Å². The van der Waals surface area contributed by atoms with Crippen LogP contribution in [-0.4, -0.2) is 21.1 Å². The maximum Gasteiger partial charge on any atom is 0.233 e. The molecule has 0 aliphatic carbocycles. The van der Waals surface area contributed by atoms with E-state index in [4.69, 9.17) is 14.4 Å². The number of rotatable bonds is 2. The number of furan rings is 1. The average molecular weight is 515 g/mol. The molecule has 0 saturated carbocycles. The Morgan fingerprint density at radius 1 is 0.700 bits per heavy atom. The zero-order chi connectivity index (χ0) is 26.2. The Labute approximate surface area is 229 Å². The molecule has 0 saturated heterocycles. The highest BCUT2D eigenvalue weighted by atomic mass is 16.3. The minimum absolute atomic E-state index is 0.580. The zero-order valence-electron chi connectivity index (χ0n) is 21.4. The van der Waals surface area contributed by atoms with Crippen molar-refractivity contribution in [3.63, 3.8) is 0 Å². The summed E-state index contributed by atoms with van der Waals surface area (Å²) in [5.74, 6) is 1.45. The number of aromatic nitrogens is 3. The summed E-state index contributed by atoms with van der Waals surface area (Å²) >= 11 is 0. The molecule has 0 radical (unpaired) electrons. The van der Waals surface area contributed by atoms with Gasteiger partial charge in [0.05, 0.1) is 22.1 Å². The minimum Gasteiger partial charge on any atom is -0.437 e. The third-order valence-corrected chi connectivity index (χ3v) is 8.00. The molecule has 5 nitrogen and oxygen atoms in total. The number of nitrogens with one attached hydrogen (secondary N) is 1. The van der Waals surface area contributed by atoms with Crippen LogP contribution in [0.25, 0.3) is 77.9 Å². The second-order valence-corrected chi connectivity index (χ2v) is 10.3. The number of fused-ring (bicyclic) bond motifs is 8. The van der Waals surface area contributed by atoms with Gasteiger partial charge in [0.1, 0.15) is 5.58 Å². The van der Waals surface area contributed by atoms with E-state index in [0.29, 0.717) is 11.5 Å². The lowest BCUT2D eigenvalue weighted by atomic mass is 10.0. The second kappa shape index (κ2) is 8.04. The molecule has 0 fully saturated rings. The SMILES string of the molecule is C1=Cc2cccc(-c3nc(-n4c5ccccc5c5cc6ccccc6cc54)c4c(n3)oc3ccccc34)c2NC1. The number of hydrogen-bond acceptors (Lipinski definition) is 4. The summed E-state index contributed by atoms with van der Waals surface area (Å²) in [6.45, 7) is 0.768. The van der Waals surface area contributed by atoms with Crippen LogP contribution >= 0.6 is 0 Å². The first-order valence-corrected chi connectivity index (χ1v) is 13.5. The van der Waals surface area contributed by atoms with Crippen LogP contribution in [0.5, 0.6) is 0 Å². The van der Waals surface area contributed by atoms with E-state index >= 15 is 0 Å². The first-order valence-electron chi connectivity index (χ1n) is 13.5. The van der Waals surface area contributed by atoms with Crippen LogP contribution in [0.1, 0.15) is 5.56 Å². The highest BCUT2D eigenvalue weighted by Crippen LogP contribution is 2.40. The molecular formula is C35H22N4O. The molecule has 9 rings (SSSR count). The normalized spacial score (nSPS) is 13.0. The Morgan fingerprint density at radius 3 is 2.42 bits per heavy atom. The van der Waals surface area contributed by atoms with Gasteiger partial charge in [-0.1, -0.05) is 84.9 Å². The minimum atomic E-state index is 0.580. The van der Waals surface area contributed by atoms with Gasteiger partial charge < -0.3 is 9.73 Å². The van der Waals surface area contributed by atoms with Gasteiger partial charge in [-0.05, 0) is 46.7 Å². The first kappa shape index (κ1) is 21.5. The Bertz CT molecular complexity index is 2340. The lowest BCUT2D eigenvalue weighted by Gasteiger charge is -2.17. The molecule has 40 heavy (non-hydrogen) atoms. The van der Waals surface area contributed by atoms with Crippen molar-refractivity contribution in [3.8, 4) is 17.2 Å². The van der Waals surface area contributed by atoms with Crippen LogP contribution < -0.4 is 5.32 Å². The Balaban J connectivity index is 1.46. The molecule has 0 unspecified atom stereocenters. The fourth-order valence-corrected chi connectivity index (χ4v) is 6.21. The number of nitrogens with zero attached hydrogens (tertiary/aromatic N) is 3. The predicted molar refractivity (Wildman–Crippen MR) is 164 cm³/mol. The highest BCUT2D eigenvalue weighted by molar-refractivity contribution is 6.16. The van der Waals surface area contributed by atoms with E-state index in [-0.39, 0.29) is 0 Å². The van der Waals surface area contributed by atoms with Crippen LogP contribution in [-0.2, 0) is 0 Å². The number of hydrogen-bond donors (Lipinski definition) is 1. The molecule has 1 aliphatic heterocycles. The summed E-state index contributed by atoms with van der Waals surface area (Å²) < 4.78 is 8.68. The molecule has 1 aliphatic rings. The smallest absolute Gasteiger partial charge is 0.233 e. The van der Waals surface area contributed by atoms with Crippen molar-refractivity contribution < 1.29 is 4.42 Å². The molecule has 0 bridgehead atoms. The van der Waals surface area contributed by atoms with E-state index in [1.165, 1.54) is 21.5 Å². The van der Waals surface area contributed by atoms with E-state index in [1.807, 2.05) is 18.2 Å². The Hall–Kier alpha value is -5.42. The fourth-order valence-electron chi connectivity index (χ4n) is 6.21. The second-order valence-electron chi connectivity index (χ2n) is 10.3. The maximum absolute atomic E-state index is 6.39. The molecule has 5 heteroatoms. The van der Waals surface area contributed by atoms with E-state index in [1.54, 1.807) is 0 Å². The van der Waals surface area contributed by atoms with Crippen molar-refractivity contribution in [2.75, 3.05) is 11.9 Å². The zero-order valence-corrected chi connectivity index (χ0v) is 21.4. The van der Waals surface area contributed by atoms with Crippen LogP contribution in [0, 0.1) is 0 Å². The predicted octanol–water partition coefficient (Wildman–Crippen LogP) is 8.73. The van der Waals surface area contributed by atoms with Gasteiger partial charge in [0.2, 0.25) is 5.71 Å². The summed E-state index contributed by atoms with van der Waals surface area (Å²) in [7, 11) is 0.